The lowest BCUT2D eigenvalue weighted by Crippen LogP contribution is -2.35. The summed E-state index contributed by atoms with van der Waals surface area (Å²) in [6.07, 6.45) is 1.41. The molecule has 0 radical (unpaired) electrons. The molecule has 0 spiro atoms. The first-order valence-electron chi connectivity index (χ1n) is 10.9. The van der Waals surface area contributed by atoms with E-state index in [9.17, 15) is 16.8 Å². The van der Waals surface area contributed by atoms with Crippen LogP contribution in [0.5, 0.6) is 5.75 Å². The number of anilines is 2. The van der Waals surface area contributed by atoms with E-state index in [1.54, 1.807) is 68.4 Å². The highest BCUT2D eigenvalue weighted by Crippen LogP contribution is 2.35. The first kappa shape index (κ1) is 24.1. The molecule has 0 bridgehead atoms. The van der Waals surface area contributed by atoms with Gasteiger partial charge < -0.3 is 4.74 Å². The Labute approximate surface area is 201 Å². The van der Waals surface area contributed by atoms with E-state index in [0.29, 0.717) is 41.2 Å². The zero-order chi connectivity index (χ0) is 24.7. The lowest BCUT2D eigenvalue weighted by Gasteiger charge is -2.31. The predicted molar refractivity (Wildman–Crippen MR) is 134 cm³/mol. The third kappa shape index (κ3) is 4.50. The van der Waals surface area contributed by atoms with Crippen molar-refractivity contribution >= 4 is 31.4 Å². The number of methoxy groups -OCH3 is 1. The van der Waals surface area contributed by atoms with Gasteiger partial charge in [0, 0.05) is 6.54 Å². The number of ether oxygens (including phenoxy) is 1. The summed E-state index contributed by atoms with van der Waals surface area (Å²) in [5, 5.41) is 0. The van der Waals surface area contributed by atoms with Crippen LogP contribution in [0.4, 0.5) is 11.4 Å². The largest absolute Gasteiger partial charge is 0.496 e. The molecular weight excluding hydrogens is 472 g/mol. The summed E-state index contributed by atoms with van der Waals surface area (Å²) in [6.45, 7) is 5.72. The van der Waals surface area contributed by atoms with Gasteiger partial charge in [-0.1, -0.05) is 23.8 Å². The van der Waals surface area contributed by atoms with Gasteiger partial charge in [-0.3, -0.25) is 9.03 Å². The van der Waals surface area contributed by atoms with Crippen molar-refractivity contribution < 1.29 is 21.6 Å². The molecule has 180 valence electrons. The summed E-state index contributed by atoms with van der Waals surface area (Å²) < 4.78 is 62.4. The van der Waals surface area contributed by atoms with Crippen molar-refractivity contribution in [2.75, 3.05) is 22.7 Å². The summed E-state index contributed by atoms with van der Waals surface area (Å²) in [5.74, 6) is 0.613. The second-order valence-corrected chi connectivity index (χ2v) is 12.0. The van der Waals surface area contributed by atoms with Crippen LogP contribution in [0.1, 0.15) is 28.7 Å². The number of aryl methyl sites for hydroxylation is 4. The topological polar surface area (TPSA) is 92.8 Å². The van der Waals surface area contributed by atoms with Crippen LogP contribution in [-0.4, -0.2) is 30.5 Å². The third-order valence-corrected chi connectivity index (χ3v) is 9.36. The molecule has 1 aliphatic rings. The smallest absolute Gasteiger partial charge is 0.264 e. The van der Waals surface area contributed by atoms with Crippen molar-refractivity contribution in [3.05, 3.63) is 76.9 Å². The summed E-state index contributed by atoms with van der Waals surface area (Å²) in [5.41, 5.74) is 3.89. The standard InChI is InChI=1S/C25H28N2O5S2/c1-17-7-11-22(12-8-17)34(30,31)27-13-5-6-20-9-10-21(16-23(20)27)26-33(28,29)25-15-18(2)24(32-4)14-19(25)3/h7-12,14-16,26H,5-6,13H2,1-4H3. The van der Waals surface area contributed by atoms with Gasteiger partial charge in [-0.25, -0.2) is 16.8 Å². The Balaban J connectivity index is 1.71. The number of hydrogen-bond donors (Lipinski definition) is 1. The Bertz CT molecular complexity index is 1450. The van der Waals surface area contributed by atoms with E-state index in [0.717, 1.165) is 17.5 Å². The van der Waals surface area contributed by atoms with Gasteiger partial charge in [-0.15, -0.1) is 0 Å². The molecule has 4 rings (SSSR count). The summed E-state index contributed by atoms with van der Waals surface area (Å²) in [6, 6.07) is 15.0. The van der Waals surface area contributed by atoms with Crippen LogP contribution in [-0.2, 0) is 26.5 Å². The minimum atomic E-state index is -3.90. The van der Waals surface area contributed by atoms with Crippen LogP contribution in [0.25, 0.3) is 0 Å². The fourth-order valence-electron chi connectivity index (χ4n) is 4.17. The SMILES string of the molecule is COc1cc(C)c(S(=O)(=O)Nc2ccc3c(c2)N(S(=O)(=O)c2ccc(C)cc2)CCC3)cc1C. The molecule has 1 aliphatic heterocycles. The molecule has 0 aromatic heterocycles. The molecule has 0 atom stereocenters. The van der Waals surface area contributed by atoms with Gasteiger partial charge in [-0.2, -0.15) is 0 Å². The highest BCUT2D eigenvalue weighted by molar-refractivity contribution is 7.93. The Morgan fingerprint density at radius 1 is 0.882 bits per heavy atom. The Morgan fingerprint density at radius 2 is 1.59 bits per heavy atom. The quantitative estimate of drug-likeness (QED) is 0.536. The lowest BCUT2D eigenvalue weighted by atomic mass is 10.0. The van der Waals surface area contributed by atoms with Crippen molar-refractivity contribution in [3.63, 3.8) is 0 Å². The molecule has 0 fully saturated rings. The fourth-order valence-corrected chi connectivity index (χ4v) is 7.07. The van der Waals surface area contributed by atoms with Gasteiger partial charge in [0.2, 0.25) is 0 Å². The van der Waals surface area contributed by atoms with Crippen LogP contribution in [0.15, 0.2) is 64.4 Å². The van der Waals surface area contributed by atoms with Crippen LogP contribution in [0, 0.1) is 20.8 Å². The molecule has 3 aromatic carbocycles. The van der Waals surface area contributed by atoms with Gasteiger partial charge in [0.05, 0.1) is 28.3 Å². The molecule has 1 heterocycles. The van der Waals surface area contributed by atoms with Gasteiger partial charge in [0.25, 0.3) is 20.0 Å². The molecule has 0 unspecified atom stereocenters. The van der Waals surface area contributed by atoms with Crippen LogP contribution >= 0.6 is 0 Å². The molecule has 34 heavy (non-hydrogen) atoms. The average Bonchev–Trinajstić information content (AvgIpc) is 2.79. The van der Waals surface area contributed by atoms with Gasteiger partial charge in [0.1, 0.15) is 5.75 Å². The first-order valence-corrected chi connectivity index (χ1v) is 13.9. The van der Waals surface area contributed by atoms with Crippen molar-refractivity contribution in [3.8, 4) is 5.75 Å². The molecule has 9 heteroatoms. The number of rotatable bonds is 6. The lowest BCUT2D eigenvalue weighted by molar-refractivity contribution is 0.411. The number of hydrogen-bond acceptors (Lipinski definition) is 5. The second kappa shape index (κ2) is 8.96. The van der Waals surface area contributed by atoms with E-state index in [1.165, 1.54) is 11.4 Å². The molecule has 0 saturated carbocycles. The Morgan fingerprint density at radius 3 is 2.26 bits per heavy atom. The number of nitrogens with one attached hydrogen (secondary N) is 1. The summed E-state index contributed by atoms with van der Waals surface area (Å²) in [7, 11) is -6.14. The molecule has 1 N–H and O–H groups in total. The van der Waals surface area contributed by atoms with Crippen molar-refractivity contribution in [2.24, 2.45) is 0 Å². The van der Waals surface area contributed by atoms with Crippen molar-refractivity contribution in [1.29, 1.82) is 0 Å². The number of fused-ring (bicyclic) bond motifs is 1. The summed E-state index contributed by atoms with van der Waals surface area (Å²) in [4.78, 5) is 0.355. The van der Waals surface area contributed by atoms with Gasteiger partial charge in [0.15, 0.2) is 0 Å². The average molecular weight is 501 g/mol. The molecular formula is C25H28N2O5S2. The molecule has 0 aliphatic carbocycles. The Hall–Kier alpha value is -3.04. The maximum Gasteiger partial charge on any atom is 0.264 e. The minimum absolute atomic E-state index is 0.146. The zero-order valence-electron chi connectivity index (χ0n) is 19.6. The molecule has 0 saturated heterocycles. The van der Waals surface area contributed by atoms with E-state index >= 15 is 0 Å². The highest BCUT2D eigenvalue weighted by atomic mass is 32.2. The second-order valence-electron chi connectivity index (χ2n) is 8.53. The summed E-state index contributed by atoms with van der Waals surface area (Å²) >= 11 is 0. The van der Waals surface area contributed by atoms with Crippen molar-refractivity contribution in [1.82, 2.24) is 0 Å². The first-order chi connectivity index (χ1) is 16.0. The van der Waals surface area contributed by atoms with Crippen LogP contribution < -0.4 is 13.8 Å². The van der Waals surface area contributed by atoms with Gasteiger partial charge >= 0.3 is 0 Å². The zero-order valence-corrected chi connectivity index (χ0v) is 21.3. The van der Waals surface area contributed by atoms with E-state index in [4.69, 9.17) is 4.74 Å². The molecule has 7 nitrogen and oxygen atoms in total. The normalized spacial score (nSPS) is 13.9. The van der Waals surface area contributed by atoms with E-state index < -0.39 is 20.0 Å². The maximum absolute atomic E-state index is 13.4. The fraction of sp³-hybridized carbons (Fsp3) is 0.280. The molecule has 0 amide bonds. The van der Waals surface area contributed by atoms with Crippen LogP contribution in [0.3, 0.4) is 0 Å². The monoisotopic (exact) mass is 500 g/mol. The van der Waals surface area contributed by atoms with Gasteiger partial charge in [-0.05, 0) is 86.7 Å². The third-order valence-electron chi connectivity index (χ3n) is 6.00. The Kier molecular flexibility index (Phi) is 6.35. The van der Waals surface area contributed by atoms with Crippen molar-refractivity contribution in [2.45, 2.75) is 43.4 Å². The number of sulfonamides is 2. The van der Waals surface area contributed by atoms with E-state index in [1.807, 2.05) is 6.92 Å². The van der Waals surface area contributed by atoms with E-state index in [-0.39, 0.29) is 9.79 Å². The predicted octanol–water partition coefficient (Wildman–Crippen LogP) is 4.56. The number of benzene rings is 3. The van der Waals surface area contributed by atoms with Crippen LogP contribution in [0.2, 0.25) is 0 Å². The maximum atomic E-state index is 13.4. The number of nitrogens with zero attached hydrogens (tertiary/aromatic N) is 1. The molecule has 3 aromatic rings. The van der Waals surface area contributed by atoms with E-state index in [2.05, 4.69) is 4.72 Å². The highest BCUT2D eigenvalue weighted by Gasteiger charge is 2.30. The minimum Gasteiger partial charge on any atom is -0.496 e.